The minimum absolute atomic E-state index is 0.0150. The Morgan fingerprint density at radius 1 is 0.864 bits per heavy atom. The number of anilines is 1. The highest BCUT2D eigenvalue weighted by Gasteiger charge is 2.48. The second-order valence-electron chi connectivity index (χ2n) is 16.9. The molecule has 0 aromatic heterocycles. The first-order valence-corrected chi connectivity index (χ1v) is 24.3. The maximum Gasteiger partial charge on any atom is 0.294 e. The summed E-state index contributed by atoms with van der Waals surface area (Å²) in [6.45, 7) is 8.22. The van der Waals surface area contributed by atoms with Crippen LogP contribution in [-0.2, 0) is 65.9 Å². The van der Waals surface area contributed by atoms with Gasteiger partial charge in [-0.3, -0.25) is 28.6 Å². The van der Waals surface area contributed by atoms with Gasteiger partial charge in [0.1, 0.15) is 12.3 Å². The Morgan fingerprint density at radius 2 is 1.58 bits per heavy atom. The van der Waals surface area contributed by atoms with Crippen molar-refractivity contribution in [3.63, 3.8) is 0 Å². The number of hydrogen-bond acceptors (Lipinski definition) is 15. The molecule has 66 heavy (non-hydrogen) atoms. The van der Waals surface area contributed by atoms with Crippen LogP contribution in [0.2, 0.25) is 0 Å². The molecule has 21 heteroatoms. The first-order chi connectivity index (χ1) is 31.1. The first-order valence-electron chi connectivity index (χ1n) is 20.6. The fraction of sp³-hybridized carbons (Fsp3) is 0.311. The van der Waals surface area contributed by atoms with Crippen LogP contribution >= 0.6 is 12.0 Å². The van der Waals surface area contributed by atoms with Crippen LogP contribution in [0.25, 0.3) is 0 Å². The highest BCUT2D eigenvalue weighted by atomic mass is 32.2. The molecule has 3 aromatic rings. The van der Waals surface area contributed by atoms with Gasteiger partial charge in [-0.2, -0.15) is 13.0 Å². The van der Waals surface area contributed by atoms with Crippen LogP contribution < -0.4 is 9.62 Å². The van der Waals surface area contributed by atoms with Crippen molar-refractivity contribution in [2.24, 2.45) is 0 Å². The van der Waals surface area contributed by atoms with Gasteiger partial charge in [0.05, 0.1) is 38.4 Å². The predicted octanol–water partition coefficient (Wildman–Crippen LogP) is 4.88. The Kier molecular flexibility index (Phi) is 13.5. The Balaban J connectivity index is 1.20. The van der Waals surface area contributed by atoms with Gasteiger partial charge in [0, 0.05) is 84.1 Å². The standard InChI is InChI=1S/C45H46N4O14S3/c1-44(2)33-22-27(17-21-50)10-12-35(33)47(18-5-6-19-49-40(52)14-15-41(49)53)37(44)25-31-42(54)32(43(31)55)26-38-45(3,4)34-23-28(64-63-62-56)11-13-36(34)48(38)20-16-39(51)46-65(57,58)29-8-7-9-30(24-29)66(59,60)61/h7-15,22-26,50H,5-6,16-21H2,1-4H3,(H3-,46,51,54,55,56,59,60,61)/p+1. The summed E-state index contributed by atoms with van der Waals surface area (Å²) in [4.78, 5) is 54.0. The molecule has 4 aliphatic rings. The minimum atomic E-state index is -4.74. The van der Waals surface area contributed by atoms with E-state index in [1.165, 1.54) is 23.1 Å². The molecular formula is C45H47N4O14S3+. The van der Waals surface area contributed by atoms with Gasteiger partial charge in [-0.15, -0.1) is 4.33 Å². The molecule has 0 saturated heterocycles. The van der Waals surface area contributed by atoms with E-state index in [0.29, 0.717) is 65.8 Å². The fourth-order valence-electron chi connectivity index (χ4n) is 8.62. The highest BCUT2D eigenvalue weighted by molar-refractivity contribution is 7.94. The third-order valence-corrected chi connectivity index (χ3v) is 14.9. The number of rotatable bonds is 18. The average molecular weight is 964 g/mol. The number of fused-ring (bicyclic) bond motifs is 2. The van der Waals surface area contributed by atoms with Gasteiger partial charge in [-0.1, -0.05) is 31.0 Å². The highest BCUT2D eigenvalue weighted by Crippen LogP contribution is 2.50. The molecule has 0 atom stereocenters. The Morgan fingerprint density at radius 3 is 2.24 bits per heavy atom. The average Bonchev–Trinajstić information content (AvgIpc) is 3.78. The molecule has 18 nitrogen and oxygen atoms in total. The molecule has 3 amide bonds. The molecule has 348 valence electrons. The second-order valence-corrected chi connectivity index (χ2v) is 20.8. The van der Waals surface area contributed by atoms with E-state index in [4.69, 9.17) is 5.26 Å². The van der Waals surface area contributed by atoms with Crippen molar-refractivity contribution in [2.75, 3.05) is 31.1 Å². The number of ketones is 1. The summed E-state index contributed by atoms with van der Waals surface area (Å²) < 4.78 is 67.6. The van der Waals surface area contributed by atoms with Crippen molar-refractivity contribution in [2.45, 2.75) is 78.9 Å². The Bertz CT molecular complexity index is 2930. The zero-order chi connectivity index (χ0) is 47.9. The second kappa shape index (κ2) is 18.5. The lowest BCUT2D eigenvalue weighted by Gasteiger charge is -2.29. The summed E-state index contributed by atoms with van der Waals surface area (Å²) in [5.74, 6) is -2.42. The summed E-state index contributed by atoms with van der Waals surface area (Å²) >= 11 is 0.716. The number of aliphatic hydroxyl groups excluding tert-OH is 2. The lowest BCUT2D eigenvalue weighted by atomic mass is 9.77. The van der Waals surface area contributed by atoms with Gasteiger partial charge >= 0.3 is 0 Å². The van der Waals surface area contributed by atoms with E-state index >= 15 is 0 Å². The summed E-state index contributed by atoms with van der Waals surface area (Å²) in [5, 5.41) is 33.9. The van der Waals surface area contributed by atoms with Crippen molar-refractivity contribution in [1.82, 2.24) is 9.62 Å². The number of nitrogens with one attached hydrogen (secondary N) is 1. The van der Waals surface area contributed by atoms with Crippen LogP contribution in [0.5, 0.6) is 0 Å². The number of unbranched alkanes of at least 4 members (excludes halogenated alkanes) is 1. The molecule has 7 rings (SSSR count). The summed E-state index contributed by atoms with van der Waals surface area (Å²) in [6.07, 6.45) is 6.77. The van der Waals surface area contributed by atoms with E-state index in [9.17, 15) is 50.8 Å². The van der Waals surface area contributed by atoms with Gasteiger partial charge in [0.2, 0.25) is 17.4 Å². The van der Waals surface area contributed by atoms with E-state index < -0.39 is 58.9 Å². The number of aliphatic hydroxyl groups is 2. The van der Waals surface area contributed by atoms with Crippen LogP contribution in [0.1, 0.15) is 63.6 Å². The quantitative estimate of drug-likeness (QED) is 0.0166. The van der Waals surface area contributed by atoms with Crippen molar-refractivity contribution >= 4 is 72.8 Å². The SMILES string of the molecule is CC1(C)C(=CC2=C(O)C(=CC3=[N+](CCCCN4C(=O)C=CC4=O)c4ccc(CCO)cc4C3(C)C)C2=O)N(CCC(=O)NS(=O)(=O)c2cccc(S(=O)(=O)O)c2)c2ccc(SOOO)cc21. The smallest absolute Gasteiger partial charge is 0.294 e. The van der Waals surface area contributed by atoms with Crippen LogP contribution in [0, 0.1) is 0 Å². The third kappa shape index (κ3) is 9.29. The Hall–Kier alpha value is -5.78. The molecule has 3 aliphatic heterocycles. The minimum Gasteiger partial charge on any atom is -0.506 e. The lowest BCUT2D eigenvalue weighted by molar-refractivity contribution is -0.438. The van der Waals surface area contributed by atoms with Crippen LogP contribution in [0.3, 0.4) is 0 Å². The summed E-state index contributed by atoms with van der Waals surface area (Å²) in [6, 6.07) is 14.9. The molecule has 5 N–H and O–H groups in total. The van der Waals surface area contributed by atoms with E-state index in [2.05, 4.69) is 13.9 Å². The number of hydrogen-bond donors (Lipinski definition) is 5. The van der Waals surface area contributed by atoms with Crippen molar-refractivity contribution in [3.8, 4) is 0 Å². The van der Waals surface area contributed by atoms with E-state index in [1.54, 1.807) is 29.2 Å². The zero-order valence-electron chi connectivity index (χ0n) is 36.2. The maximum atomic E-state index is 14.2. The normalized spacial score (nSPS) is 18.8. The molecule has 0 spiro atoms. The fourth-order valence-corrected chi connectivity index (χ4v) is 10.7. The van der Waals surface area contributed by atoms with E-state index in [1.807, 2.05) is 50.6 Å². The number of sulfonamides is 1. The number of carbonyl (C=O) groups excluding carboxylic acids is 4. The van der Waals surface area contributed by atoms with Gasteiger partial charge in [-0.05, 0) is 86.4 Å². The van der Waals surface area contributed by atoms with Crippen molar-refractivity contribution in [1.29, 1.82) is 0 Å². The lowest BCUT2D eigenvalue weighted by Crippen LogP contribution is -2.35. The number of nitrogens with zero attached hydrogens (tertiary/aromatic N) is 3. The molecule has 0 radical (unpaired) electrons. The van der Waals surface area contributed by atoms with E-state index in [-0.39, 0.29) is 48.4 Å². The predicted molar refractivity (Wildman–Crippen MR) is 240 cm³/mol. The molecule has 0 unspecified atom stereocenters. The van der Waals surface area contributed by atoms with Gasteiger partial charge in [0.25, 0.3) is 32.0 Å². The third-order valence-electron chi connectivity index (χ3n) is 12.1. The molecule has 0 fully saturated rings. The first kappa shape index (κ1) is 48.2. The summed E-state index contributed by atoms with van der Waals surface area (Å²) in [7, 11) is -9.33. The maximum absolute atomic E-state index is 14.2. The summed E-state index contributed by atoms with van der Waals surface area (Å²) in [5.41, 5.74) is 3.64. The molecule has 0 saturated carbocycles. The van der Waals surface area contributed by atoms with Crippen LogP contribution in [0.15, 0.2) is 122 Å². The van der Waals surface area contributed by atoms with Gasteiger partial charge in [-0.25, -0.2) is 18.4 Å². The van der Waals surface area contributed by atoms with Crippen molar-refractivity contribution < 1.29 is 70.0 Å². The molecule has 3 heterocycles. The molecule has 0 bridgehead atoms. The van der Waals surface area contributed by atoms with Gasteiger partial charge < -0.3 is 15.1 Å². The topological polar surface area (TPSA) is 257 Å². The number of carbonyl (C=O) groups is 4. The zero-order valence-corrected chi connectivity index (χ0v) is 38.6. The number of benzene rings is 3. The molecule has 1 aliphatic carbocycles. The Labute approximate surface area is 385 Å². The number of imide groups is 1. The number of amides is 3. The van der Waals surface area contributed by atoms with E-state index in [0.717, 1.165) is 40.7 Å². The van der Waals surface area contributed by atoms with Crippen LogP contribution in [-0.4, -0.2) is 102 Å². The number of Topliss-reactive ketones (excluding diaryl/α,β-unsaturated/α-hetero) is 1. The van der Waals surface area contributed by atoms with Crippen molar-refractivity contribution in [3.05, 3.63) is 124 Å². The molecule has 3 aromatic carbocycles. The largest absolute Gasteiger partial charge is 0.506 e. The monoisotopic (exact) mass is 963 g/mol. The van der Waals surface area contributed by atoms with Gasteiger partial charge in [0.15, 0.2) is 5.71 Å². The van der Waals surface area contributed by atoms with Crippen LogP contribution in [0.4, 0.5) is 11.4 Å². The molecular weight excluding hydrogens is 917 g/mol. The number of allylic oxidation sites excluding steroid dienone is 5.